The molecule has 12 nitrogen and oxygen atoms in total. The van der Waals surface area contributed by atoms with E-state index in [-0.39, 0.29) is 37.8 Å². The molecule has 0 aliphatic heterocycles. The second-order valence-electron chi connectivity index (χ2n) is 11.4. The Morgan fingerprint density at radius 1 is 1.07 bits per heavy atom. The van der Waals surface area contributed by atoms with E-state index >= 15 is 0 Å². The number of nitrogens with one attached hydrogen (secondary N) is 2. The summed E-state index contributed by atoms with van der Waals surface area (Å²) in [6.45, 7) is 12.4. The van der Waals surface area contributed by atoms with Gasteiger partial charge in [-0.25, -0.2) is 28.7 Å². The third kappa shape index (κ3) is 9.87. The Hall–Kier alpha value is -4.32. The number of ether oxygens (including phenoxy) is 3. The zero-order valence-electron chi connectivity index (χ0n) is 26.1. The van der Waals surface area contributed by atoms with E-state index in [1.807, 2.05) is 20.8 Å². The number of halogens is 1. The highest BCUT2D eigenvalue weighted by atomic mass is 35.5. The fraction of sp³-hybridized carbons (Fsp3) is 0.452. The lowest BCUT2D eigenvalue weighted by atomic mass is 10.2. The highest BCUT2D eigenvalue weighted by Crippen LogP contribution is 2.24. The Morgan fingerprint density at radius 3 is 2.34 bits per heavy atom. The van der Waals surface area contributed by atoms with E-state index in [0.29, 0.717) is 16.5 Å². The number of aryl methyl sites for hydroxylation is 1. The molecule has 44 heavy (non-hydrogen) atoms. The molecule has 1 atom stereocenters. The minimum Gasteiger partial charge on any atom is -0.491 e. The van der Waals surface area contributed by atoms with Crippen molar-refractivity contribution in [1.82, 2.24) is 19.4 Å². The summed E-state index contributed by atoms with van der Waals surface area (Å²) in [5.41, 5.74) is -0.111. The van der Waals surface area contributed by atoms with E-state index in [0.717, 1.165) is 15.7 Å². The molecule has 0 bridgehead atoms. The Bertz CT molecular complexity index is 1650. The molecule has 3 aromatic rings. The number of rotatable bonds is 11. The first-order chi connectivity index (χ1) is 20.7. The molecule has 2 aromatic carbocycles. The van der Waals surface area contributed by atoms with Crippen LogP contribution in [0.5, 0.6) is 5.75 Å². The van der Waals surface area contributed by atoms with Crippen LogP contribution in [0.3, 0.4) is 0 Å². The molecule has 238 valence electrons. The monoisotopic (exact) mass is 629 g/mol. The van der Waals surface area contributed by atoms with Crippen molar-refractivity contribution in [3.8, 4) is 5.75 Å². The lowest BCUT2D eigenvalue weighted by Crippen LogP contribution is -2.51. The summed E-state index contributed by atoms with van der Waals surface area (Å²) in [4.78, 5) is 59.4. The van der Waals surface area contributed by atoms with Crippen molar-refractivity contribution >= 4 is 29.4 Å². The molecule has 0 saturated heterocycles. The molecule has 13 heteroatoms. The predicted octanol–water partition coefficient (Wildman–Crippen LogP) is 4.21. The predicted molar refractivity (Wildman–Crippen MR) is 166 cm³/mol. The van der Waals surface area contributed by atoms with Gasteiger partial charge in [0.1, 0.15) is 17.4 Å². The molecule has 0 aliphatic carbocycles. The van der Waals surface area contributed by atoms with Crippen LogP contribution in [0.25, 0.3) is 0 Å². The molecule has 1 unspecified atom stereocenters. The number of aromatic amines is 1. The fourth-order valence-corrected chi connectivity index (χ4v) is 4.29. The first kappa shape index (κ1) is 34.2. The summed E-state index contributed by atoms with van der Waals surface area (Å²) in [7, 11) is 0. The normalized spacial score (nSPS) is 12.6. The van der Waals surface area contributed by atoms with Crippen LogP contribution in [-0.4, -0.2) is 50.5 Å². The molecule has 3 rings (SSSR count). The maximum Gasteiger partial charge on any atom is 0.408 e. The van der Waals surface area contributed by atoms with Gasteiger partial charge >= 0.3 is 23.4 Å². The summed E-state index contributed by atoms with van der Waals surface area (Å²) in [5.74, 6) is -0.0168. The molecular formula is C31H40ClN5O7. The molecule has 2 N–H and O–H groups in total. The summed E-state index contributed by atoms with van der Waals surface area (Å²) in [6, 6.07) is 11.1. The molecule has 1 heterocycles. The third-order valence-electron chi connectivity index (χ3n) is 6.09. The zero-order valence-corrected chi connectivity index (χ0v) is 26.9. The van der Waals surface area contributed by atoms with E-state index in [4.69, 9.17) is 25.8 Å². The fourth-order valence-electron chi connectivity index (χ4n) is 4.17. The number of amides is 1. The lowest BCUT2D eigenvalue weighted by molar-refractivity contribution is -0.145. The van der Waals surface area contributed by atoms with Gasteiger partial charge in [-0.3, -0.25) is 9.55 Å². The molecule has 1 amide bonds. The smallest absolute Gasteiger partial charge is 0.408 e. The third-order valence-corrected chi connectivity index (χ3v) is 6.35. The molecule has 0 aliphatic rings. The quantitative estimate of drug-likeness (QED) is 0.302. The summed E-state index contributed by atoms with van der Waals surface area (Å²) in [5, 5.41) is 3.01. The van der Waals surface area contributed by atoms with E-state index in [1.165, 1.54) is 4.57 Å². The van der Waals surface area contributed by atoms with Crippen LogP contribution in [-0.2, 0) is 27.4 Å². The highest BCUT2D eigenvalue weighted by Gasteiger charge is 2.26. The summed E-state index contributed by atoms with van der Waals surface area (Å²) in [6.07, 6.45) is -0.955. The molecule has 0 saturated carbocycles. The van der Waals surface area contributed by atoms with Gasteiger partial charge in [-0.05, 0) is 96.3 Å². The number of carbonyl (C=O) groups is 2. The molecule has 0 spiro atoms. The van der Waals surface area contributed by atoms with Gasteiger partial charge in [0, 0.05) is 11.6 Å². The van der Waals surface area contributed by atoms with Gasteiger partial charge in [0.15, 0.2) is 0 Å². The lowest BCUT2D eigenvalue weighted by Gasteiger charge is -2.23. The SMILES string of the molecule is CCOC(=O)C(CCn1c(=O)[nH]c(=Nc2ccc(OC(C)C)c(C)c2)n(Cc2ccc(Cl)cc2)c1=O)NC(=O)OC(C)(C)C. The standard InChI is InChI=1S/C31H40ClN5O7/c1-8-42-26(38)24(34-29(40)44-31(5,6)7)15-16-36-28(39)35-27(33-23-13-14-25(20(4)17-23)43-19(2)3)37(30(36)41)18-21-9-11-22(32)12-10-21/h9-14,17,19,24H,8,15-16,18H2,1-7H3,(H,34,40)(H,33,35,39). The van der Waals surface area contributed by atoms with Crippen LogP contribution in [0.4, 0.5) is 10.5 Å². The number of hydrogen-bond donors (Lipinski definition) is 2. The van der Waals surface area contributed by atoms with E-state index in [2.05, 4.69) is 15.3 Å². The van der Waals surface area contributed by atoms with Gasteiger partial charge in [-0.1, -0.05) is 23.7 Å². The molecule has 0 radical (unpaired) electrons. The zero-order chi connectivity index (χ0) is 32.6. The van der Waals surface area contributed by atoms with E-state index in [1.54, 1.807) is 70.2 Å². The van der Waals surface area contributed by atoms with Crippen molar-refractivity contribution in [1.29, 1.82) is 0 Å². The van der Waals surface area contributed by atoms with Crippen LogP contribution in [0, 0.1) is 6.92 Å². The number of aromatic nitrogens is 3. The number of alkyl carbamates (subject to hydrolysis) is 1. The topological polar surface area (TPSA) is 146 Å². The van der Waals surface area contributed by atoms with Crippen LogP contribution < -0.4 is 27.1 Å². The number of nitrogens with zero attached hydrogens (tertiary/aromatic N) is 3. The van der Waals surface area contributed by atoms with Gasteiger partial charge in [0.05, 0.1) is 24.9 Å². The average Bonchev–Trinajstić information content (AvgIpc) is 2.91. The van der Waals surface area contributed by atoms with Crippen LogP contribution in [0.1, 0.15) is 59.1 Å². The van der Waals surface area contributed by atoms with E-state index < -0.39 is 35.1 Å². The summed E-state index contributed by atoms with van der Waals surface area (Å²) >= 11 is 6.05. The molecule has 0 fully saturated rings. The maximum atomic E-state index is 13.8. The minimum atomic E-state index is -1.17. The number of carbonyl (C=O) groups excluding carboxylic acids is 2. The van der Waals surface area contributed by atoms with Crippen molar-refractivity contribution in [3.63, 3.8) is 0 Å². The highest BCUT2D eigenvalue weighted by molar-refractivity contribution is 6.30. The van der Waals surface area contributed by atoms with E-state index in [9.17, 15) is 19.2 Å². The van der Waals surface area contributed by atoms with Crippen molar-refractivity contribution in [2.75, 3.05) is 6.61 Å². The van der Waals surface area contributed by atoms with Gasteiger partial charge in [0.25, 0.3) is 0 Å². The van der Waals surface area contributed by atoms with Gasteiger partial charge in [-0.2, -0.15) is 0 Å². The van der Waals surface area contributed by atoms with Crippen molar-refractivity contribution < 1.29 is 23.8 Å². The Labute approximate surface area is 260 Å². The number of H-pyrrole nitrogens is 1. The first-order valence-electron chi connectivity index (χ1n) is 14.3. The van der Waals surface area contributed by atoms with Crippen molar-refractivity contribution in [2.24, 2.45) is 4.99 Å². The Kier molecular flexibility index (Phi) is 11.6. The van der Waals surface area contributed by atoms with Crippen molar-refractivity contribution in [3.05, 3.63) is 85.2 Å². The Morgan fingerprint density at radius 2 is 1.75 bits per heavy atom. The summed E-state index contributed by atoms with van der Waals surface area (Å²) < 4.78 is 18.4. The van der Waals surface area contributed by atoms with Gasteiger partial charge in [0.2, 0.25) is 5.62 Å². The number of hydrogen-bond acceptors (Lipinski definition) is 8. The number of benzene rings is 2. The van der Waals surface area contributed by atoms with Crippen molar-refractivity contribution in [2.45, 2.75) is 85.7 Å². The average molecular weight is 630 g/mol. The Balaban J connectivity index is 2.04. The molecular weight excluding hydrogens is 590 g/mol. The second-order valence-corrected chi connectivity index (χ2v) is 11.8. The van der Waals surface area contributed by atoms with Gasteiger partial charge in [-0.15, -0.1) is 0 Å². The van der Waals surface area contributed by atoms with Gasteiger partial charge < -0.3 is 19.5 Å². The molecule has 1 aromatic heterocycles. The van der Waals surface area contributed by atoms with Crippen LogP contribution in [0.2, 0.25) is 5.02 Å². The number of esters is 1. The minimum absolute atomic E-state index is 0.00951. The second kappa shape index (κ2) is 14.9. The first-order valence-corrected chi connectivity index (χ1v) is 14.7. The van der Waals surface area contributed by atoms with Crippen LogP contribution in [0.15, 0.2) is 57.0 Å². The maximum absolute atomic E-state index is 13.8. The van der Waals surface area contributed by atoms with Crippen LogP contribution >= 0.6 is 11.6 Å². The largest absolute Gasteiger partial charge is 0.491 e.